The zero-order valence-electron chi connectivity index (χ0n) is 10.2. The molecule has 0 aromatic heterocycles. The minimum Gasteiger partial charge on any atom is -0.316 e. The summed E-state index contributed by atoms with van der Waals surface area (Å²) in [6.45, 7) is 4.23. The Balaban J connectivity index is 2.15. The maximum absolute atomic E-state index is 14.0. The van der Waals surface area contributed by atoms with Crippen molar-refractivity contribution in [1.82, 2.24) is 5.32 Å². The van der Waals surface area contributed by atoms with Gasteiger partial charge in [0, 0.05) is 0 Å². The third kappa shape index (κ3) is 3.29. The molecule has 0 bridgehead atoms. The van der Waals surface area contributed by atoms with Crippen molar-refractivity contribution in [2.24, 2.45) is 5.92 Å². The van der Waals surface area contributed by atoms with Crippen LogP contribution in [0.15, 0.2) is 16.6 Å². The molecule has 1 nitrogen and oxygen atoms in total. The van der Waals surface area contributed by atoms with Crippen LogP contribution in [0, 0.1) is 11.7 Å². The van der Waals surface area contributed by atoms with Crippen LogP contribution >= 0.6 is 15.9 Å². The molecule has 1 atom stereocenters. The molecule has 1 aromatic carbocycles. The Morgan fingerprint density at radius 1 is 1.47 bits per heavy atom. The number of benzene rings is 1. The van der Waals surface area contributed by atoms with Gasteiger partial charge in [-0.1, -0.05) is 13.0 Å². The Hall–Kier alpha value is -0.410. The van der Waals surface area contributed by atoms with Crippen LogP contribution in [0.5, 0.6) is 0 Å². The molecule has 1 aliphatic heterocycles. The SMILES string of the molecule is CCc1cc(Br)c(F)c(CC2CCCNC2)c1. The molecule has 1 saturated heterocycles. The average Bonchev–Trinajstić information content (AvgIpc) is 2.36. The number of rotatable bonds is 3. The smallest absolute Gasteiger partial charge is 0.140 e. The first-order valence-electron chi connectivity index (χ1n) is 6.38. The zero-order chi connectivity index (χ0) is 12.3. The van der Waals surface area contributed by atoms with E-state index in [-0.39, 0.29) is 5.82 Å². The molecular formula is C14H19BrFN. The van der Waals surface area contributed by atoms with Crippen LogP contribution in [-0.4, -0.2) is 13.1 Å². The molecule has 0 amide bonds. The number of aryl methyl sites for hydroxylation is 1. The van der Waals surface area contributed by atoms with Crippen molar-refractivity contribution in [3.8, 4) is 0 Å². The monoisotopic (exact) mass is 299 g/mol. The van der Waals surface area contributed by atoms with Crippen LogP contribution in [0.1, 0.15) is 30.9 Å². The lowest BCUT2D eigenvalue weighted by molar-refractivity contribution is 0.371. The van der Waals surface area contributed by atoms with Gasteiger partial charge in [-0.25, -0.2) is 4.39 Å². The fourth-order valence-corrected chi connectivity index (χ4v) is 3.02. The molecule has 1 fully saturated rings. The first-order chi connectivity index (χ1) is 8.20. The molecule has 1 aliphatic rings. The molecule has 17 heavy (non-hydrogen) atoms. The molecule has 1 heterocycles. The van der Waals surface area contributed by atoms with Gasteiger partial charge in [0.1, 0.15) is 5.82 Å². The van der Waals surface area contributed by atoms with Gasteiger partial charge in [-0.3, -0.25) is 0 Å². The van der Waals surface area contributed by atoms with Crippen LogP contribution in [0.25, 0.3) is 0 Å². The Morgan fingerprint density at radius 2 is 2.29 bits per heavy atom. The van der Waals surface area contributed by atoms with E-state index in [9.17, 15) is 4.39 Å². The normalized spacial score (nSPS) is 20.5. The molecule has 3 heteroatoms. The van der Waals surface area contributed by atoms with Gasteiger partial charge in [0.15, 0.2) is 0 Å². The largest absolute Gasteiger partial charge is 0.316 e. The maximum Gasteiger partial charge on any atom is 0.140 e. The maximum atomic E-state index is 14.0. The van der Waals surface area contributed by atoms with E-state index in [2.05, 4.69) is 28.2 Å². The highest BCUT2D eigenvalue weighted by molar-refractivity contribution is 9.10. The molecule has 1 unspecified atom stereocenters. The van der Waals surface area contributed by atoms with E-state index in [1.807, 2.05) is 12.1 Å². The molecule has 0 spiro atoms. The summed E-state index contributed by atoms with van der Waals surface area (Å²) in [7, 11) is 0. The summed E-state index contributed by atoms with van der Waals surface area (Å²) < 4.78 is 14.6. The van der Waals surface area contributed by atoms with Crippen LogP contribution in [0.3, 0.4) is 0 Å². The van der Waals surface area contributed by atoms with Gasteiger partial charge >= 0.3 is 0 Å². The van der Waals surface area contributed by atoms with Crippen LogP contribution in [0.2, 0.25) is 0 Å². The van der Waals surface area contributed by atoms with E-state index < -0.39 is 0 Å². The Labute approximate surface area is 111 Å². The van der Waals surface area contributed by atoms with E-state index in [0.29, 0.717) is 10.4 Å². The molecule has 2 rings (SSSR count). The van der Waals surface area contributed by atoms with Crippen molar-refractivity contribution in [3.63, 3.8) is 0 Å². The van der Waals surface area contributed by atoms with Crippen LogP contribution in [-0.2, 0) is 12.8 Å². The van der Waals surface area contributed by atoms with Crippen molar-refractivity contribution in [1.29, 1.82) is 0 Å². The summed E-state index contributed by atoms with van der Waals surface area (Å²) in [6, 6.07) is 3.91. The van der Waals surface area contributed by atoms with Crippen molar-refractivity contribution in [3.05, 3.63) is 33.5 Å². The summed E-state index contributed by atoms with van der Waals surface area (Å²) in [6.07, 6.45) is 4.22. The fourth-order valence-electron chi connectivity index (χ4n) is 2.47. The van der Waals surface area contributed by atoms with Crippen molar-refractivity contribution in [2.45, 2.75) is 32.6 Å². The van der Waals surface area contributed by atoms with E-state index in [4.69, 9.17) is 0 Å². The van der Waals surface area contributed by atoms with Crippen molar-refractivity contribution >= 4 is 15.9 Å². The van der Waals surface area contributed by atoms with Crippen molar-refractivity contribution < 1.29 is 4.39 Å². The minimum atomic E-state index is -0.0761. The average molecular weight is 300 g/mol. The first-order valence-corrected chi connectivity index (χ1v) is 7.17. The van der Waals surface area contributed by atoms with E-state index in [1.165, 1.54) is 18.4 Å². The molecule has 1 aromatic rings. The predicted molar refractivity (Wildman–Crippen MR) is 72.8 cm³/mol. The van der Waals surface area contributed by atoms with Gasteiger partial charge in [0.05, 0.1) is 4.47 Å². The molecule has 0 saturated carbocycles. The molecule has 94 valence electrons. The summed E-state index contributed by atoms with van der Waals surface area (Å²) in [5.41, 5.74) is 2.07. The van der Waals surface area contributed by atoms with E-state index >= 15 is 0 Å². The lowest BCUT2D eigenvalue weighted by atomic mass is 9.91. The van der Waals surface area contributed by atoms with E-state index in [0.717, 1.165) is 31.5 Å². The highest BCUT2D eigenvalue weighted by Crippen LogP contribution is 2.25. The topological polar surface area (TPSA) is 12.0 Å². The Kier molecular flexibility index (Phi) is 4.57. The summed E-state index contributed by atoms with van der Waals surface area (Å²) in [5.74, 6) is 0.505. The van der Waals surface area contributed by atoms with Gasteiger partial charge < -0.3 is 5.32 Å². The summed E-state index contributed by atoms with van der Waals surface area (Å²) >= 11 is 3.31. The standard InChI is InChI=1S/C14H19BrFN/c1-2-10-6-12(14(16)13(15)8-10)7-11-4-3-5-17-9-11/h6,8,11,17H,2-5,7,9H2,1H3. The third-order valence-electron chi connectivity index (χ3n) is 3.48. The number of halogens is 2. The zero-order valence-corrected chi connectivity index (χ0v) is 11.8. The van der Waals surface area contributed by atoms with Crippen LogP contribution < -0.4 is 5.32 Å². The number of piperidine rings is 1. The van der Waals surface area contributed by atoms with Gasteiger partial charge in [-0.15, -0.1) is 0 Å². The van der Waals surface area contributed by atoms with Crippen LogP contribution in [0.4, 0.5) is 4.39 Å². The highest BCUT2D eigenvalue weighted by Gasteiger charge is 2.17. The predicted octanol–water partition coefficient (Wildman–Crippen LogP) is 3.69. The first kappa shape index (κ1) is 13.0. The summed E-state index contributed by atoms with van der Waals surface area (Å²) in [4.78, 5) is 0. The summed E-state index contributed by atoms with van der Waals surface area (Å²) in [5, 5.41) is 3.38. The number of hydrogen-bond donors (Lipinski definition) is 1. The van der Waals surface area contributed by atoms with Gasteiger partial charge in [0.25, 0.3) is 0 Å². The second kappa shape index (κ2) is 5.96. The highest BCUT2D eigenvalue weighted by atomic mass is 79.9. The van der Waals surface area contributed by atoms with Crippen molar-refractivity contribution in [2.75, 3.05) is 13.1 Å². The number of nitrogens with one attached hydrogen (secondary N) is 1. The third-order valence-corrected chi connectivity index (χ3v) is 4.06. The lowest BCUT2D eigenvalue weighted by Gasteiger charge is -2.23. The molecule has 1 N–H and O–H groups in total. The van der Waals surface area contributed by atoms with E-state index in [1.54, 1.807) is 0 Å². The molecule has 0 radical (unpaired) electrons. The van der Waals surface area contributed by atoms with Gasteiger partial charge in [0.2, 0.25) is 0 Å². The number of hydrogen-bond acceptors (Lipinski definition) is 1. The Bertz CT molecular complexity index is 386. The minimum absolute atomic E-state index is 0.0761. The molecular weight excluding hydrogens is 281 g/mol. The molecule has 0 aliphatic carbocycles. The second-order valence-corrected chi connectivity index (χ2v) is 5.68. The quantitative estimate of drug-likeness (QED) is 0.897. The second-order valence-electron chi connectivity index (χ2n) is 4.82. The lowest BCUT2D eigenvalue weighted by Crippen LogP contribution is -2.31. The van der Waals surface area contributed by atoms with Gasteiger partial charge in [-0.05, 0) is 77.8 Å². The Morgan fingerprint density at radius 3 is 2.94 bits per heavy atom. The fraction of sp³-hybridized carbons (Fsp3) is 0.571. The van der Waals surface area contributed by atoms with Gasteiger partial charge in [-0.2, -0.15) is 0 Å².